The smallest absolute Gasteiger partial charge is 0.238 e. The van der Waals surface area contributed by atoms with Gasteiger partial charge in [-0.25, -0.2) is 5.43 Å². The van der Waals surface area contributed by atoms with Crippen molar-refractivity contribution in [3.05, 3.63) is 0 Å². The molecule has 2 saturated heterocycles. The van der Waals surface area contributed by atoms with Crippen molar-refractivity contribution in [1.82, 2.24) is 15.8 Å². The average molecular weight is 211 g/mol. The summed E-state index contributed by atoms with van der Waals surface area (Å²) in [6.07, 6.45) is 4.35. The number of amides is 1. The highest BCUT2D eigenvalue weighted by Crippen LogP contribution is 2.19. The first kappa shape index (κ1) is 10.9. The molecular formula is C11H21N3O. The third-order valence-corrected chi connectivity index (χ3v) is 3.15. The number of carbonyl (C=O) groups is 1. The lowest BCUT2D eigenvalue weighted by atomic mass is 10.0. The lowest BCUT2D eigenvalue weighted by molar-refractivity contribution is -0.130. The van der Waals surface area contributed by atoms with E-state index in [4.69, 9.17) is 0 Å². The van der Waals surface area contributed by atoms with Crippen molar-refractivity contribution in [3.63, 3.8) is 0 Å². The molecule has 4 heteroatoms. The highest BCUT2D eigenvalue weighted by atomic mass is 16.2. The van der Waals surface area contributed by atoms with Crippen molar-refractivity contribution in [3.8, 4) is 0 Å². The van der Waals surface area contributed by atoms with Crippen LogP contribution in [0.4, 0.5) is 0 Å². The second kappa shape index (κ2) is 4.10. The highest BCUT2D eigenvalue weighted by molar-refractivity contribution is 5.79. The van der Waals surface area contributed by atoms with Gasteiger partial charge in [0.25, 0.3) is 0 Å². The van der Waals surface area contributed by atoms with Gasteiger partial charge in [-0.2, -0.15) is 0 Å². The van der Waals surface area contributed by atoms with E-state index >= 15 is 0 Å². The minimum atomic E-state index is -0.0637. The maximum Gasteiger partial charge on any atom is 0.238 e. The zero-order valence-electron chi connectivity index (χ0n) is 9.68. The molecule has 0 aliphatic carbocycles. The van der Waals surface area contributed by atoms with E-state index in [9.17, 15) is 4.79 Å². The van der Waals surface area contributed by atoms with Crippen LogP contribution in [0.3, 0.4) is 0 Å². The molecule has 2 N–H and O–H groups in total. The third kappa shape index (κ3) is 2.69. The molecule has 0 spiro atoms. The third-order valence-electron chi connectivity index (χ3n) is 3.15. The number of hydrogen-bond donors (Lipinski definition) is 2. The topological polar surface area (TPSA) is 44.4 Å². The van der Waals surface area contributed by atoms with Crippen LogP contribution >= 0.6 is 0 Å². The number of carbonyl (C=O) groups excluding carboxylic acids is 1. The summed E-state index contributed by atoms with van der Waals surface area (Å²) >= 11 is 0. The van der Waals surface area contributed by atoms with E-state index in [0.717, 1.165) is 13.1 Å². The lowest BCUT2D eigenvalue weighted by Crippen LogP contribution is -2.50. The summed E-state index contributed by atoms with van der Waals surface area (Å²) in [6.45, 7) is 6.04. The van der Waals surface area contributed by atoms with Gasteiger partial charge in [0.15, 0.2) is 0 Å². The van der Waals surface area contributed by atoms with Crippen LogP contribution in [-0.2, 0) is 4.79 Å². The Morgan fingerprint density at radius 2 is 2.27 bits per heavy atom. The SMILES string of the molecule is CC1(C)CC(=O)N(CC2CCCCN2)N1. The van der Waals surface area contributed by atoms with Crippen molar-refractivity contribution in [2.75, 3.05) is 13.1 Å². The molecule has 0 aromatic rings. The number of hydrazine groups is 1. The number of rotatable bonds is 2. The highest BCUT2D eigenvalue weighted by Gasteiger charge is 2.36. The van der Waals surface area contributed by atoms with Crippen LogP contribution in [-0.4, -0.2) is 35.6 Å². The first-order valence-electron chi connectivity index (χ1n) is 5.88. The summed E-state index contributed by atoms with van der Waals surface area (Å²) in [4.78, 5) is 11.7. The number of piperidine rings is 1. The Morgan fingerprint density at radius 1 is 1.47 bits per heavy atom. The first-order chi connectivity index (χ1) is 7.07. The Bertz CT molecular complexity index is 246. The van der Waals surface area contributed by atoms with Gasteiger partial charge in [0, 0.05) is 18.0 Å². The molecule has 2 aliphatic heterocycles. The maximum absolute atomic E-state index is 11.7. The molecule has 1 unspecified atom stereocenters. The van der Waals surface area contributed by atoms with E-state index < -0.39 is 0 Å². The molecule has 1 atom stereocenters. The largest absolute Gasteiger partial charge is 0.312 e. The Morgan fingerprint density at radius 3 is 2.80 bits per heavy atom. The van der Waals surface area contributed by atoms with Gasteiger partial charge in [0.1, 0.15) is 0 Å². The van der Waals surface area contributed by atoms with Gasteiger partial charge in [0.2, 0.25) is 5.91 Å². The van der Waals surface area contributed by atoms with Crippen LogP contribution < -0.4 is 10.7 Å². The van der Waals surface area contributed by atoms with Gasteiger partial charge in [-0.3, -0.25) is 9.80 Å². The molecule has 2 aliphatic rings. The number of nitrogens with one attached hydrogen (secondary N) is 2. The van der Waals surface area contributed by atoms with Crippen LogP contribution in [0, 0.1) is 0 Å². The van der Waals surface area contributed by atoms with Gasteiger partial charge in [0.05, 0.1) is 6.54 Å². The van der Waals surface area contributed by atoms with E-state index in [2.05, 4.69) is 24.6 Å². The molecule has 2 heterocycles. The fourth-order valence-electron chi connectivity index (χ4n) is 2.39. The van der Waals surface area contributed by atoms with Crippen LogP contribution in [0.5, 0.6) is 0 Å². The molecule has 86 valence electrons. The Hall–Kier alpha value is -0.610. The molecule has 0 bridgehead atoms. The standard InChI is InChI=1S/C11H21N3O/c1-11(2)7-10(15)14(13-11)8-9-5-3-4-6-12-9/h9,12-13H,3-8H2,1-2H3. The van der Waals surface area contributed by atoms with Crippen LogP contribution in [0.2, 0.25) is 0 Å². The monoisotopic (exact) mass is 211 g/mol. The molecule has 2 fully saturated rings. The summed E-state index contributed by atoms with van der Waals surface area (Å²) < 4.78 is 0. The lowest BCUT2D eigenvalue weighted by Gasteiger charge is -2.29. The van der Waals surface area contributed by atoms with Gasteiger partial charge < -0.3 is 5.32 Å². The van der Waals surface area contributed by atoms with E-state index in [1.54, 1.807) is 5.01 Å². The van der Waals surface area contributed by atoms with Crippen LogP contribution in [0.25, 0.3) is 0 Å². The summed E-state index contributed by atoms with van der Waals surface area (Å²) in [7, 11) is 0. The van der Waals surface area contributed by atoms with Gasteiger partial charge in [-0.05, 0) is 33.2 Å². The molecule has 0 radical (unpaired) electrons. The molecule has 15 heavy (non-hydrogen) atoms. The molecule has 0 saturated carbocycles. The normalized spacial score (nSPS) is 30.9. The zero-order chi connectivity index (χ0) is 10.9. The van der Waals surface area contributed by atoms with Crippen molar-refractivity contribution in [2.45, 2.75) is 51.1 Å². The Balaban J connectivity index is 1.86. The maximum atomic E-state index is 11.7. The minimum absolute atomic E-state index is 0.0637. The quantitative estimate of drug-likeness (QED) is 0.704. The predicted octanol–water partition coefficient (Wildman–Crippen LogP) is 0.644. The summed E-state index contributed by atoms with van der Waals surface area (Å²) in [5, 5.41) is 5.25. The molecular weight excluding hydrogens is 190 g/mol. The van der Waals surface area contributed by atoms with Gasteiger partial charge in [-0.15, -0.1) is 0 Å². The van der Waals surface area contributed by atoms with E-state index in [-0.39, 0.29) is 11.4 Å². The fraction of sp³-hybridized carbons (Fsp3) is 0.909. The average Bonchev–Trinajstić information content (AvgIpc) is 2.41. The fourth-order valence-corrected chi connectivity index (χ4v) is 2.39. The van der Waals surface area contributed by atoms with Crippen LogP contribution in [0.1, 0.15) is 39.5 Å². The number of nitrogens with zero attached hydrogens (tertiary/aromatic N) is 1. The summed E-state index contributed by atoms with van der Waals surface area (Å²) in [5.74, 6) is 0.229. The van der Waals surface area contributed by atoms with Gasteiger partial charge >= 0.3 is 0 Å². The first-order valence-corrected chi connectivity index (χ1v) is 5.88. The number of hydrogen-bond acceptors (Lipinski definition) is 3. The zero-order valence-corrected chi connectivity index (χ0v) is 9.68. The molecule has 2 rings (SSSR count). The Kier molecular flexibility index (Phi) is 2.98. The Labute approximate surface area is 91.4 Å². The van der Waals surface area contributed by atoms with Crippen molar-refractivity contribution in [2.24, 2.45) is 0 Å². The summed E-state index contributed by atoms with van der Waals surface area (Å²) in [6, 6.07) is 0.476. The van der Waals surface area contributed by atoms with E-state index in [1.165, 1.54) is 19.3 Å². The second-order valence-electron chi connectivity index (χ2n) is 5.32. The molecule has 4 nitrogen and oxygen atoms in total. The molecule has 1 amide bonds. The van der Waals surface area contributed by atoms with E-state index in [1.807, 2.05) is 0 Å². The van der Waals surface area contributed by atoms with Crippen molar-refractivity contribution < 1.29 is 4.79 Å². The second-order valence-corrected chi connectivity index (χ2v) is 5.32. The van der Waals surface area contributed by atoms with E-state index in [0.29, 0.717) is 12.5 Å². The molecule has 0 aromatic heterocycles. The predicted molar refractivity (Wildman–Crippen MR) is 59.2 cm³/mol. The van der Waals surface area contributed by atoms with Crippen molar-refractivity contribution in [1.29, 1.82) is 0 Å². The summed E-state index contributed by atoms with van der Waals surface area (Å²) in [5.41, 5.74) is 3.21. The molecule has 0 aromatic carbocycles. The van der Waals surface area contributed by atoms with Gasteiger partial charge in [-0.1, -0.05) is 6.42 Å². The minimum Gasteiger partial charge on any atom is -0.312 e. The van der Waals surface area contributed by atoms with Crippen molar-refractivity contribution >= 4 is 5.91 Å². The van der Waals surface area contributed by atoms with Crippen LogP contribution in [0.15, 0.2) is 0 Å².